The molecule has 0 aromatic carbocycles. The van der Waals surface area contributed by atoms with Crippen molar-refractivity contribution in [2.45, 2.75) is 6.42 Å². The zero-order valence-corrected chi connectivity index (χ0v) is 8.27. The number of carbonyl (C=O) groups is 1. The molecule has 0 amide bonds. The van der Waals surface area contributed by atoms with Crippen LogP contribution < -0.4 is 0 Å². The largest absolute Gasteiger partial charge is 0.292 e. The van der Waals surface area contributed by atoms with Crippen molar-refractivity contribution in [2.24, 2.45) is 0 Å². The fraction of sp³-hybridized carbons (Fsp3) is 0.125. The molecule has 0 aliphatic carbocycles. The Hall–Kier alpha value is -1.07. The van der Waals surface area contributed by atoms with Gasteiger partial charge in [0.2, 0.25) is 0 Å². The second-order valence-corrected chi connectivity index (χ2v) is 4.13. The number of Topliss-reactive ketones (excluding diaryl/α,β-unsaturated/α-hetero) is 1. The summed E-state index contributed by atoms with van der Waals surface area (Å²) in [6.45, 7) is 0. The average Bonchev–Trinajstić information content (AvgIpc) is 2.74. The van der Waals surface area contributed by atoms with Crippen LogP contribution in [0, 0.1) is 0 Å². The first-order valence-corrected chi connectivity index (χ1v) is 5.47. The molecule has 0 N–H and O–H groups in total. The molecule has 0 atom stereocenters. The van der Waals surface area contributed by atoms with Gasteiger partial charge in [-0.3, -0.25) is 9.78 Å². The van der Waals surface area contributed by atoms with E-state index in [1.165, 1.54) is 22.7 Å². The summed E-state index contributed by atoms with van der Waals surface area (Å²) in [5, 5.41) is 1.77. The number of thiazole rings is 2. The Morgan fingerprint density at radius 3 is 3.00 bits per heavy atom. The Morgan fingerprint density at radius 2 is 2.38 bits per heavy atom. The molecule has 0 saturated carbocycles. The van der Waals surface area contributed by atoms with Crippen LogP contribution in [0.1, 0.15) is 15.4 Å². The summed E-state index contributed by atoms with van der Waals surface area (Å²) in [7, 11) is 0. The molecular weight excluding hydrogens is 204 g/mol. The molecule has 2 rings (SSSR count). The third-order valence-electron chi connectivity index (χ3n) is 1.54. The number of nitrogens with zero attached hydrogens (tertiary/aromatic N) is 2. The Labute approximate surface area is 83.1 Å². The van der Waals surface area contributed by atoms with Gasteiger partial charge in [-0.1, -0.05) is 0 Å². The van der Waals surface area contributed by atoms with Crippen LogP contribution >= 0.6 is 22.7 Å². The second-order valence-electron chi connectivity index (χ2n) is 2.44. The van der Waals surface area contributed by atoms with Gasteiger partial charge in [-0.05, 0) is 0 Å². The van der Waals surface area contributed by atoms with Crippen molar-refractivity contribution in [3.05, 3.63) is 33.2 Å². The summed E-state index contributed by atoms with van der Waals surface area (Å²) >= 11 is 2.93. The van der Waals surface area contributed by atoms with Gasteiger partial charge >= 0.3 is 0 Å². The van der Waals surface area contributed by atoms with E-state index >= 15 is 0 Å². The average molecular weight is 210 g/mol. The van der Waals surface area contributed by atoms with Crippen molar-refractivity contribution < 1.29 is 4.79 Å². The fourth-order valence-corrected chi connectivity index (χ4v) is 2.08. The normalized spacial score (nSPS) is 10.2. The number of rotatable bonds is 3. The highest BCUT2D eigenvalue weighted by Gasteiger charge is 2.09. The van der Waals surface area contributed by atoms with Gasteiger partial charge in [0.1, 0.15) is 5.69 Å². The minimum Gasteiger partial charge on any atom is -0.292 e. The molecule has 0 aliphatic rings. The first-order chi connectivity index (χ1) is 6.36. The molecule has 0 saturated heterocycles. The molecule has 2 heterocycles. The SMILES string of the molecule is O=C(Cc1cncs1)c1cscn1. The predicted octanol–water partition coefficient (Wildman–Crippen LogP) is 2.02. The molecule has 2 aromatic heterocycles. The quantitative estimate of drug-likeness (QED) is 0.728. The Morgan fingerprint density at radius 1 is 1.46 bits per heavy atom. The lowest BCUT2D eigenvalue weighted by Crippen LogP contribution is -2.01. The van der Waals surface area contributed by atoms with E-state index in [1.54, 1.807) is 22.6 Å². The van der Waals surface area contributed by atoms with Gasteiger partial charge in [0.15, 0.2) is 5.78 Å². The number of ketones is 1. The van der Waals surface area contributed by atoms with Gasteiger partial charge in [-0.25, -0.2) is 4.98 Å². The van der Waals surface area contributed by atoms with E-state index in [2.05, 4.69) is 9.97 Å². The Bertz CT molecular complexity index is 380. The lowest BCUT2D eigenvalue weighted by molar-refractivity contribution is 0.0989. The zero-order valence-electron chi connectivity index (χ0n) is 6.64. The third-order valence-corrected chi connectivity index (χ3v) is 2.90. The van der Waals surface area contributed by atoms with Crippen molar-refractivity contribution >= 4 is 28.5 Å². The summed E-state index contributed by atoms with van der Waals surface area (Å²) in [6.07, 6.45) is 2.13. The smallest absolute Gasteiger partial charge is 0.187 e. The Balaban J connectivity index is 2.08. The van der Waals surface area contributed by atoms with Gasteiger partial charge in [0.05, 0.1) is 11.0 Å². The number of hydrogen-bond acceptors (Lipinski definition) is 5. The lowest BCUT2D eigenvalue weighted by atomic mass is 10.2. The van der Waals surface area contributed by atoms with E-state index in [-0.39, 0.29) is 5.78 Å². The third kappa shape index (κ3) is 1.99. The monoisotopic (exact) mass is 210 g/mol. The topological polar surface area (TPSA) is 42.9 Å². The van der Waals surface area contributed by atoms with Crippen LogP contribution in [0.3, 0.4) is 0 Å². The van der Waals surface area contributed by atoms with Crippen molar-refractivity contribution in [3.8, 4) is 0 Å². The van der Waals surface area contributed by atoms with E-state index in [4.69, 9.17) is 0 Å². The van der Waals surface area contributed by atoms with Crippen molar-refractivity contribution in [1.29, 1.82) is 0 Å². The molecule has 0 aliphatic heterocycles. The van der Waals surface area contributed by atoms with Crippen LogP contribution in [-0.4, -0.2) is 15.8 Å². The van der Waals surface area contributed by atoms with E-state index in [0.717, 1.165) is 4.88 Å². The zero-order chi connectivity index (χ0) is 9.10. The minimum atomic E-state index is 0.0606. The fourth-order valence-electron chi connectivity index (χ4n) is 0.928. The Kier molecular flexibility index (Phi) is 2.47. The van der Waals surface area contributed by atoms with Crippen LogP contribution in [0.2, 0.25) is 0 Å². The summed E-state index contributed by atoms with van der Waals surface area (Å²) in [5.74, 6) is 0.0606. The van der Waals surface area contributed by atoms with E-state index < -0.39 is 0 Å². The van der Waals surface area contributed by atoms with E-state index in [9.17, 15) is 4.79 Å². The van der Waals surface area contributed by atoms with Gasteiger partial charge < -0.3 is 0 Å². The lowest BCUT2D eigenvalue weighted by Gasteiger charge is -1.91. The molecule has 0 unspecified atom stereocenters. The molecule has 66 valence electrons. The van der Waals surface area contributed by atoms with Crippen molar-refractivity contribution in [3.63, 3.8) is 0 Å². The second kappa shape index (κ2) is 3.76. The van der Waals surface area contributed by atoms with Crippen molar-refractivity contribution in [1.82, 2.24) is 9.97 Å². The van der Waals surface area contributed by atoms with E-state index in [1.807, 2.05) is 0 Å². The summed E-state index contributed by atoms with van der Waals surface area (Å²) in [6, 6.07) is 0. The molecule has 5 heteroatoms. The highest BCUT2D eigenvalue weighted by atomic mass is 32.1. The maximum atomic E-state index is 11.5. The van der Waals surface area contributed by atoms with Gasteiger partial charge in [-0.15, -0.1) is 22.7 Å². The maximum Gasteiger partial charge on any atom is 0.187 e. The minimum absolute atomic E-state index is 0.0606. The summed E-state index contributed by atoms with van der Waals surface area (Å²) in [5.41, 5.74) is 3.95. The van der Waals surface area contributed by atoms with Gasteiger partial charge in [-0.2, -0.15) is 0 Å². The molecule has 0 spiro atoms. The molecule has 0 bridgehead atoms. The highest BCUT2D eigenvalue weighted by molar-refractivity contribution is 7.09. The molecule has 13 heavy (non-hydrogen) atoms. The summed E-state index contributed by atoms with van der Waals surface area (Å²) in [4.78, 5) is 20.3. The number of aromatic nitrogens is 2. The van der Waals surface area contributed by atoms with Crippen LogP contribution in [0.4, 0.5) is 0 Å². The predicted molar refractivity (Wildman–Crippen MR) is 52.3 cm³/mol. The number of hydrogen-bond donors (Lipinski definition) is 0. The van der Waals surface area contributed by atoms with Crippen LogP contribution in [0.25, 0.3) is 0 Å². The molecule has 0 radical (unpaired) electrons. The maximum absolute atomic E-state index is 11.5. The van der Waals surface area contributed by atoms with Crippen LogP contribution in [0.5, 0.6) is 0 Å². The highest BCUT2D eigenvalue weighted by Crippen LogP contribution is 2.10. The molecular formula is C8H6N2OS2. The van der Waals surface area contributed by atoms with Crippen LogP contribution in [0.15, 0.2) is 22.6 Å². The standard InChI is InChI=1S/C8H6N2OS2/c11-8(7-3-12-5-10-7)1-6-2-9-4-13-6/h2-5H,1H2. The first kappa shape index (κ1) is 8.52. The van der Waals surface area contributed by atoms with Gasteiger partial charge in [0.25, 0.3) is 0 Å². The molecule has 3 nitrogen and oxygen atoms in total. The number of carbonyl (C=O) groups excluding carboxylic acids is 1. The van der Waals surface area contributed by atoms with Gasteiger partial charge in [0, 0.05) is 22.9 Å². The van der Waals surface area contributed by atoms with E-state index in [0.29, 0.717) is 12.1 Å². The molecule has 2 aromatic rings. The molecule has 0 fully saturated rings. The van der Waals surface area contributed by atoms with Crippen LogP contribution in [-0.2, 0) is 6.42 Å². The summed E-state index contributed by atoms with van der Waals surface area (Å²) < 4.78 is 0. The van der Waals surface area contributed by atoms with Crippen molar-refractivity contribution in [2.75, 3.05) is 0 Å². The first-order valence-electron chi connectivity index (χ1n) is 3.65.